The molecule has 5 heteroatoms. The second-order valence-electron chi connectivity index (χ2n) is 3.42. The first-order chi connectivity index (χ1) is 8.06. The van der Waals surface area contributed by atoms with E-state index in [0.717, 1.165) is 0 Å². The van der Waals surface area contributed by atoms with Gasteiger partial charge in [0, 0.05) is 15.6 Å². The zero-order valence-electron chi connectivity index (χ0n) is 9.38. The standard InChI is InChI=1S/C12H13F2IO2/c1-2-17-10(16)7-6-8-4-3-5-9(15)11(8)12(13)14/h3-5,12H,2,6-7H2,1H3. The van der Waals surface area contributed by atoms with Crippen molar-refractivity contribution in [1.29, 1.82) is 0 Å². The Kier molecular flexibility index (Phi) is 5.80. The summed E-state index contributed by atoms with van der Waals surface area (Å²) < 4.78 is 31.0. The van der Waals surface area contributed by atoms with Crippen LogP contribution in [0.15, 0.2) is 18.2 Å². The molecule has 0 unspecified atom stereocenters. The van der Waals surface area contributed by atoms with Crippen molar-refractivity contribution in [2.24, 2.45) is 0 Å². The van der Waals surface area contributed by atoms with Crippen LogP contribution in [0.1, 0.15) is 30.9 Å². The summed E-state index contributed by atoms with van der Waals surface area (Å²) in [5.41, 5.74) is 0.539. The molecule has 0 heterocycles. The maximum atomic E-state index is 12.8. The smallest absolute Gasteiger partial charge is 0.306 e. The summed E-state index contributed by atoms with van der Waals surface area (Å²) in [5.74, 6) is -0.355. The lowest BCUT2D eigenvalue weighted by molar-refractivity contribution is -0.143. The zero-order chi connectivity index (χ0) is 12.8. The third kappa shape index (κ3) is 4.22. The molecule has 0 aromatic heterocycles. The molecule has 0 amide bonds. The molecule has 17 heavy (non-hydrogen) atoms. The average molecular weight is 354 g/mol. The zero-order valence-corrected chi connectivity index (χ0v) is 11.5. The monoisotopic (exact) mass is 354 g/mol. The van der Waals surface area contributed by atoms with Gasteiger partial charge in [-0.25, -0.2) is 8.78 Å². The molecule has 0 N–H and O–H groups in total. The van der Waals surface area contributed by atoms with E-state index in [9.17, 15) is 13.6 Å². The Morgan fingerprint density at radius 1 is 1.47 bits per heavy atom. The molecule has 2 nitrogen and oxygen atoms in total. The van der Waals surface area contributed by atoms with Crippen LogP contribution < -0.4 is 0 Å². The van der Waals surface area contributed by atoms with Gasteiger partial charge in [-0.1, -0.05) is 12.1 Å². The fraction of sp³-hybridized carbons (Fsp3) is 0.417. The van der Waals surface area contributed by atoms with Gasteiger partial charge in [0.2, 0.25) is 0 Å². The van der Waals surface area contributed by atoms with E-state index in [1.54, 1.807) is 25.1 Å². The number of hydrogen-bond acceptors (Lipinski definition) is 2. The van der Waals surface area contributed by atoms with Crippen LogP contribution in [0.25, 0.3) is 0 Å². The van der Waals surface area contributed by atoms with Crippen LogP contribution in [0.2, 0.25) is 0 Å². The largest absolute Gasteiger partial charge is 0.466 e. The summed E-state index contributed by atoms with van der Waals surface area (Å²) in [4.78, 5) is 11.2. The number of rotatable bonds is 5. The number of carbonyl (C=O) groups excluding carboxylic acids is 1. The van der Waals surface area contributed by atoms with Gasteiger partial charge in [0.1, 0.15) is 0 Å². The van der Waals surface area contributed by atoms with Gasteiger partial charge in [-0.15, -0.1) is 0 Å². The van der Waals surface area contributed by atoms with Crippen LogP contribution in [0, 0.1) is 3.57 Å². The van der Waals surface area contributed by atoms with Crippen molar-refractivity contribution in [3.05, 3.63) is 32.9 Å². The predicted molar refractivity (Wildman–Crippen MR) is 69.1 cm³/mol. The van der Waals surface area contributed by atoms with Crippen molar-refractivity contribution in [2.45, 2.75) is 26.2 Å². The van der Waals surface area contributed by atoms with E-state index in [-0.39, 0.29) is 24.4 Å². The van der Waals surface area contributed by atoms with Gasteiger partial charge in [0.15, 0.2) is 0 Å². The van der Waals surface area contributed by atoms with Crippen LogP contribution >= 0.6 is 22.6 Å². The number of halogens is 3. The normalized spacial score (nSPS) is 10.6. The van der Waals surface area contributed by atoms with Crippen LogP contribution in [0.4, 0.5) is 8.78 Å². The molecule has 1 aromatic rings. The Morgan fingerprint density at radius 2 is 2.18 bits per heavy atom. The second kappa shape index (κ2) is 6.88. The number of hydrogen-bond donors (Lipinski definition) is 0. The van der Waals surface area contributed by atoms with Crippen molar-refractivity contribution in [3.63, 3.8) is 0 Å². The first kappa shape index (κ1) is 14.3. The molecule has 0 aliphatic rings. The van der Waals surface area contributed by atoms with Gasteiger partial charge in [0.05, 0.1) is 6.61 Å². The van der Waals surface area contributed by atoms with E-state index in [0.29, 0.717) is 15.7 Å². The van der Waals surface area contributed by atoms with Crippen LogP contribution in [-0.2, 0) is 16.0 Å². The quantitative estimate of drug-likeness (QED) is 0.595. The number of benzene rings is 1. The third-order valence-electron chi connectivity index (χ3n) is 2.27. The molecule has 0 saturated carbocycles. The Labute approximate surface area is 112 Å². The number of carbonyl (C=O) groups is 1. The molecule has 0 bridgehead atoms. The minimum Gasteiger partial charge on any atom is -0.466 e. The van der Waals surface area contributed by atoms with Crippen molar-refractivity contribution >= 4 is 28.6 Å². The molecule has 0 saturated heterocycles. The number of aryl methyl sites for hydroxylation is 1. The van der Waals surface area contributed by atoms with E-state index in [1.807, 2.05) is 22.6 Å². The highest BCUT2D eigenvalue weighted by molar-refractivity contribution is 14.1. The molecule has 0 aliphatic heterocycles. The van der Waals surface area contributed by atoms with Crippen LogP contribution in [0.5, 0.6) is 0 Å². The SMILES string of the molecule is CCOC(=O)CCc1cccc(I)c1C(F)F. The molecule has 0 fully saturated rings. The third-order valence-corrected chi connectivity index (χ3v) is 3.21. The summed E-state index contributed by atoms with van der Waals surface area (Å²) in [6, 6.07) is 4.98. The topological polar surface area (TPSA) is 26.3 Å². The molecule has 0 radical (unpaired) electrons. The van der Waals surface area contributed by atoms with Crippen LogP contribution in [-0.4, -0.2) is 12.6 Å². The van der Waals surface area contributed by atoms with E-state index in [4.69, 9.17) is 4.74 Å². The van der Waals surface area contributed by atoms with Gasteiger partial charge < -0.3 is 4.74 Å². The summed E-state index contributed by atoms with van der Waals surface area (Å²) in [6.07, 6.45) is -2.09. The van der Waals surface area contributed by atoms with Gasteiger partial charge in [-0.05, 0) is 47.6 Å². The van der Waals surface area contributed by atoms with E-state index in [1.165, 1.54) is 0 Å². The van der Waals surface area contributed by atoms with E-state index >= 15 is 0 Å². The molecular weight excluding hydrogens is 341 g/mol. The first-order valence-corrected chi connectivity index (χ1v) is 6.35. The van der Waals surface area contributed by atoms with Crippen molar-refractivity contribution in [2.75, 3.05) is 6.61 Å². The Hall–Kier alpha value is -0.720. The first-order valence-electron chi connectivity index (χ1n) is 5.27. The van der Waals surface area contributed by atoms with Gasteiger partial charge in [0.25, 0.3) is 6.43 Å². The Morgan fingerprint density at radius 3 is 2.76 bits per heavy atom. The molecule has 94 valence electrons. The van der Waals surface area contributed by atoms with Crippen molar-refractivity contribution in [3.8, 4) is 0 Å². The summed E-state index contributed by atoms with van der Waals surface area (Å²) in [6.45, 7) is 2.03. The van der Waals surface area contributed by atoms with E-state index in [2.05, 4.69) is 0 Å². The van der Waals surface area contributed by atoms with Crippen LogP contribution in [0.3, 0.4) is 0 Å². The highest BCUT2D eigenvalue weighted by atomic mass is 127. The molecule has 0 atom stereocenters. The number of alkyl halides is 2. The highest BCUT2D eigenvalue weighted by Crippen LogP contribution is 2.28. The molecule has 1 rings (SSSR count). The van der Waals surface area contributed by atoms with Crippen molar-refractivity contribution in [1.82, 2.24) is 0 Å². The lowest BCUT2D eigenvalue weighted by Crippen LogP contribution is -2.07. The molecule has 0 spiro atoms. The van der Waals surface area contributed by atoms with Gasteiger partial charge in [-0.2, -0.15) is 0 Å². The Bertz CT molecular complexity index is 394. The summed E-state index contributed by atoms with van der Waals surface area (Å²) in [5, 5.41) is 0. The van der Waals surface area contributed by atoms with Gasteiger partial charge in [-0.3, -0.25) is 4.79 Å². The average Bonchev–Trinajstić information content (AvgIpc) is 2.26. The minimum atomic E-state index is -2.51. The fourth-order valence-electron chi connectivity index (χ4n) is 1.51. The second-order valence-corrected chi connectivity index (χ2v) is 4.58. The molecule has 0 aliphatic carbocycles. The van der Waals surface area contributed by atoms with E-state index < -0.39 is 6.43 Å². The lowest BCUT2D eigenvalue weighted by Gasteiger charge is -2.10. The maximum Gasteiger partial charge on any atom is 0.306 e. The molecule has 1 aromatic carbocycles. The number of esters is 1. The summed E-state index contributed by atoms with van der Waals surface area (Å²) >= 11 is 1.88. The fourth-order valence-corrected chi connectivity index (χ4v) is 2.30. The lowest BCUT2D eigenvalue weighted by atomic mass is 10.0. The molecular formula is C12H13F2IO2. The van der Waals surface area contributed by atoms with Crippen molar-refractivity contribution < 1.29 is 18.3 Å². The Balaban J connectivity index is 2.77. The highest BCUT2D eigenvalue weighted by Gasteiger charge is 2.17. The predicted octanol–water partition coefficient (Wildman–Crippen LogP) is 3.72. The minimum absolute atomic E-state index is 0.0254. The van der Waals surface area contributed by atoms with Gasteiger partial charge >= 0.3 is 5.97 Å². The summed E-state index contributed by atoms with van der Waals surface area (Å²) in [7, 11) is 0. The number of ether oxygens (including phenoxy) is 1. The maximum absolute atomic E-state index is 12.8.